The van der Waals surface area contributed by atoms with Crippen molar-refractivity contribution in [2.75, 3.05) is 18.9 Å². The zero-order valence-corrected chi connectivity index (χ0v) is 18.4. The molecule has 0 bridgehead atoms. The Morgan fingerprint density at radius 1 is 0.914 bits per heavy atom. The van der Waals surface area contributed by atoms with Gasteiger partial charge in [0.25, 0.3) is 5.91 Å². The molecule has 0 aliphatic rings. The van der Waals surface area contributed by atoms with E-state index in [-0.39, 0.29) is 19.0 Å². The first-order chi connectivity index (χ1) is 16.7. The molecule has 0 spiro atoms. The van der Waals surface area contributed by atoms with Crippen LogP contribution in [0.4, 0.5) is 27.8 Å². The summed E-state index contributed by atoms with van der Waals surface area (Å²) in [7, 11) is 1.75. The Bertz CT molecular complexity index is 1400. The molecule has 0 aliphatic heterocycles. The summed E-state index contributed by atoms with van der Waals surface area (Å²) in [5.41, 5.74) is 0.885. The van der Waals surface area contributed by atoms with Crippen molar-refractivity contribution in [2.45, 2.75) is 12.6 Å². The number of rotatable bonds is 6. The summed E-state index contributed by atoms with van der Waals surface area (Å²) in [5.74, 6) is -2.00. The van der Waals surface area contributed by atoms with Gasteiger partial charge in [0.05, 0.1) is 16.6 Å². The van der Waals surface area contributed by atoms with Crippen molar-refractivity contribution in [2.24, 2.45) is 0 Å². The summed E-state index contributed by atoms with van der Waals surface area (Å²) in [6.45, 7) is -0.0465. The van der Waals surface area contributed by atoms with Gasteiger partial charge in [-0.15, -0.1) is 0 Å². The van der Waals surface area contributed by atoms with E-state index in [1.807, 2.05) is 18.2 Å². The van der Waals surface area contributed by atoms with Crippen LogP contribution in [0.2, 0.25) is 0 Å². The number of fused-ring (bicyclic) bond motifs is 1. The minimum atomic E-state index is -4.72. The van der Waals surface area contributed by atoms with Crippen molar-refractivity contribution in [3.63, 3.8) is 0 Å². The maximum atomic E-state index is 14.4. The molecule has 1 heterocycles. The van der Waals surface area contributed by atoms with Gasteiger partial charge in [0.2, 0.25) is 0 Å². The molecule has 2 N–H and O–H groups in total. The molecule has 3 aromatic carbocycles. The Hall–Kier alpha value is -4.08. The molecule has 180 valence electrons. The highest BCUT2D eigenvalue weighted by Crippen LogP contribution is 2.30. The molecular weight excluding hydrogens is 467 g/mol. The van der Waals surface area contributed by atoms with Crippen molar-refractivity contribution >= 4 is 22.6 Å². The lowest BCUT2D eigenvalue weighted by molar-refractivity contribution is -0.137. The molecule has 0 unspecified atom stereocenters. The van der Waals surface area contributed by atoms with Gasteiger partial charge in [0.15, 0.2) is 0 Å². The van der Waals surface area contributed by atoms with E-state index < -0.39 is 34.8 Å². The van der Waals surface area contributed by atoms with E-state index in [4.69, 9.17) is 0 Å². The highest BCUT2D eigenvalue weighted by atomic mass is 19.4. The molecule has 0 atom stereocenters. The summed E-state index contributed by atoms with van der Waals surface area (Å²) in [5, 5.41) is 6.22. The van der Waals surface area contributed by atoms with Gasteiger partial charge in [-0.3, -0.25) is 4.79 Å². The van der Waals surface area contributed by atoms with Crippen LogP contribution in [-0.4, -0.2) is 29.5 Å². The number of carbonyl (C=O) groups is 1. The molecule has 4 rings (SSSR count). The fourth-order valence-electron chi connectivity index (χ4n) is 3.66. The van der Waals surface area contributed by atoms with Crippen LogP contribution < -0.4 is 10.6 Å². The smallest absolute Gasteiger partial charge is 0.373 e. The average Bonchev–Trinajstić information content (AvgIpc) is 2.83. The number of hydrogen-bond acceptors (Lipinski definition) is 4. The van der Waals surface area contributed by atoms with Crippen LogP contribution in [0, 0.1) is 11.6 Å². The van der Waals surface area contributed by atoms with E-state index in [9.17, 15) is 26.7 Å². The predicted octanol–water partition coefficient (Wildman–Crippen LogP) is 5.61. The number of nitrogens with zero attached hydrogens (tertiary/aromatic N) is 2. The van der Waals surface area contributed by atoms with Crippen LogP contribution in [0.15, 0.2) is 60.9 Å². The van der Waals surface area contributed by atoms with Gasteiger partial charge in [0.1, 0.15) is 23.8 Å². The second-order valence-electron chi connectivity index (χ2n) is 7.71. The van der Waals surface area contributed by atoms with Crippen LogP contribution in [0.1, 0.15) is 21.5 Å². The fourth-order valence-corrected chi connectivity index (χ4v) is 3.66. The van der Waals surface area contributed by atoms with Gasteiger partial charge in [0, 0.05) is 19.0 Å². The number of halogens is 5. The number of carbonyl (C=O) groups excluding carboxylic acids is 1. The highest BCUT2D eigenvalue weighted by Gasteiger charge is 2.31. The van der Waals surface area contributed by atoms with Crippen molar-refractivity contribution in [1.29, 1.82) is 0 Å². The lowest BCUT2D eigenvalue weighted by Crippen LogP contribution is -2.27. The monoisotopic (exact) mass is 486 g/mol. The Labute approximate surface area is 197 Å². The number of alkyl halides is 3. The molecule has 5 nitrogen and oxygen atoms in total. The highest BCUT2D eigenvalue weighted by molar-refractivity contribution is 5.94. The first kappa shape index (κ1) is 24.1. The molecule has 1 amide bonds. The first-order valence-electron chi connectivity index (χ1n) is 10.5. The molecule has 0 saturated carbocycles. The largest absolute Gasteiger partial charge is 0.416 e. The van der Waals surface area contributed by atoms with Crippen molar-refractivity contribution < 1.29 is 26.7 Å². The third-order valence-electron chi connectivity index (χ3n) is 5.47. The fraction of sp³-hybridized carbons (Fsp3) is 0.160. The molecular formula is C25H19F5N4O. The number of benzene rings is 3. The predicted molar refractivity (Wildman–Crippen MR) is 122 cm³/mol. The number of nitrogens with one attached hydrogen (secondary N) is 2. The van der Waals surface area contributed by atoms with Crippen LogP contribution in [0.5, 0.6) is 0 Å². The third kappa shape index (κ3) is 5.21. The summed E-state index contributed by atoms with van der Waals surface area (Å²) < 4.78 is 66.5. The number of amides is 1. The third-order valence-corrected chi connectivity index (χ3v) is 5.47. The second kappa shape index (κ2) is 9.65. The van der Waals surface area contributed by atoms with E-state index in [1.165, 1.54) is 12.4 Å². The standard InChI is InChI=1S/C25H19F5N4O/c1-31-23-19-11-15(3-7-22(19)33-13-34-23)14-2-6-20(26)16(10-14)8-9-32-24(35)18-5-4-17(12-21(18)27)25(28,29)30/h2-7,10-13H,8-9H2,1H3,(H,32,35)(H,31,33,34). The number of anilines is 1. The molecule has 10 heteroatoms. The Morgan fingerprint density at radius 3 is 2.37 bits per heavy atom. The van der Waals surface area contributed by atoms with E-state index in [0.717, 1.165) is 28.1 Å². The molecule has 0 saturated heterocycles. The molecule has 35 heavy (non-hydrogen) atoms. The van der Waals surface area contributed by atoms with Gasteiger partial charge in [-0.25, -0.2) is 18.7 Å². The topological polar surface area (TPSA) is 66.9 Å². The lowest BCUT2D eigenvalue weighted by atomic mass is 9.99. The maximum Gasteiger partial charge on any atom is 0.416 e. The van der Waals surface area contributed by atoms with Gasteiger partial charge < -0.3 is 10.6 Å². The molecule has 0 aliphatic carbocycles. The van der Waals surface area contributed by atoms with Crippen molar-refractivity contribution in [3.8, 4) is 11.1 Å². The Morgan fingerprint density at radius 2 is 1.66 bits per heavy atom. The summed E-state index contributed by atoms with van der Waals surface area (Å²) in [6, 6.07) is 11.8. The van der Waals surface area contributed by atoms with Crippen LogP contribution in [0.3, 0.4) is 0 Å². The number of aromatic nitrogens is 2. The zero-order valence-electron chi connectivity index (χ0n) is 18.4. The van der Waals surface area contributed by atoms with E-state index in [2.05, 4.69) is 20.6 Å². The number of hydrogen-bond donors (Lipinski definition) is 2. The molecule has 0 fully saturated rings. The Balaban J connectivity index is 1.49. The Kier molecular flexibility index (Phi) is 6.63. The first-order valence-corrected chi connectivity index (χ1v) is 10.5. The molecule has 0 radical (unpaired) electrons. The summed E-state index contributed by atoms with van der Waals surface area (Å²) >= 11 is 0. The van der Waals surface area contributed by atoms with Crippen LogP contribution in [0.25, 0.3) is 22.0 Å². The van der Waals surface area contributed by atoms with Crippen molar-refractivity contribution in [3.05, 3.63) is 89.2 Å². The minimum absolute atomic E-state index is 0.0465. The SMILES string of the molecule is CNc1ncnc2ccc(-c3ccc(F)c(CCNC(=O)c4ccc(C(F)(F)F)cc4F)c3)cc12. The van der Waals surface area contributed by atoms with Crippen LogP contribution >= 0.6 is 0 Å². The maximum absolute atomic E-state index is 14.4. The van der Waals surface area contributed by atoms with Crippen molar-refractivity contribution in [1.82, 2.24) is 15.3 Å². The molecule has 1 aromatic heterocycles. The quantitative estimate of drug-likeness (QED) is 0.348. The van der Waals surface area contributed by atoms with Gasteiger partial charge in [-0.05, 0) is 65.6 Å². The van der Waals surface area contributed by atoms with E-state index in [1.54, 1.807) is 19.2 Å². The average molecular weight is 486 g/mol. The van der Waals surface area contributed by atoms with E-state index >= 15 is 0 Å². The zero-order chi connectivity index (χ0) is 25.2. The lowest BCUT2D eigenvalue weighted by Gasteiger charge is -2.11. The van der Waals surface area contributed by atoms with Gasteiger partial charge >= 0.3 is 6.18 Å². The minimum Gasteiger partial charge on any atom is -0.373 e. The van der Waals surface area contributed by atoms with Gasteiger partial charge in [-0.2, -0.15) is 13.2 Å². The van der Waals surface area contributed by atoms with Crippen LogP contribution in [-0.2, 0) is 12.6 Å². The van der Waals surface area contributed by atoms with Gasteiger partial charge in [-0.1, -0.05) is 12.1 Å². The molecule has 4 aromatic rings. The summed E-state index contributed by atoms with van der Waals surface area (Å²) in [4.78, 5) is 20.7. The second-order valence-corrected chi connectivity index (χ2v) is 7.71. The van der Waals surface area contributed by atoms with E-state index in [0.29, 0.717) is 17.4 Å². The summed E-state index contributed by atoms with van der Waals surface area (Å²) in [6.07, 6.45) is -3.17. The normalized spacial score (nSPS) is 11.5.